The summed E-state index contributed by atoms with van der Waals surface area (Å²) in [4.78, 5) is 22.6. The van der Waals surface area contributed by atoms with Gasteiger partial charge in [0.2, 0.25) is 5.76 Å². The first kappa shape index (κ1) is 16.8. The summed E-state index contributed by atoms with van der Waals surface area (Å²) < 4.78 is 14.9. The monoisotopic (exact) mass is 295 g/mol. The van der Waals surface area contributed by atoms with Gasteiger partial charge in [-0.15, -0.1) is 0 Å². The fourth-order valence-corrected chi connectivity index (χ4v) is 1.42. The summed E-state index contributed by atoms with van der Waals surface area (Å²) in [5, 5.41) is 2.64. The third kappa shape index (κ3) is 6.65. The number of nitrogens with one attached hydrogen (secondary N) is 1. The number of ether oxygens (including phenoxy) is 2. The Hall–Kier alpha value is -2.24. The van der Waals surface area contributed by atoms with E-state index in [9.17, 15) is 9.59 Å². The second-order valence-corrected chi connectivity index (χ2v) is 5.31. The van der Waals surface area contributed by atoms with Crippen LogP contribution in [0.4, 0.5) is 4.79 Å². The third-order valence-corrected chi connectivity index (χ3v) is 2.27. The summed E-state index contributed by atoms with van der Waals surface area (Å²) >= 11 is 0. The summed E-state index contributed by atoms with van der Waals surface area (Å²) in [5.74, 6) is 0.193. The van der Waals surface area contributed by atoms with Crippen LogP contribution in [0, 0.1) is 0 Å². The molecule has 1 rings (SSSR count). The van der Waals surface area contributed by atoms with Gasteiger partial charge in [-0.05, 0) is 45.4 Å². The highest BCUT2D eigenvalue weighted by Crippen LogP contribution is 2.11. The van der Waals surface area contributed by atoms with Crippen molar-refractivity contribution in [2.75, 3.05) is 13.7 Å². The summed E-state index contributed by atoms with van der Waals surface area (Å²) in [6.07, 6.45) is 3.73. The Bertz CT molecular complexity index is 510. The lowest BCUT2D eigenvalue weighted by Crippen LogP contribution is -2.32. The van der Waals surface area contributed by atoms with Crippen LogP contribution in [0.5, 0.6) is 0 Å². The van der Waals surface area contributed by atoms with Crippen molar-refractivity contribution in [1.82, 2.24) is 5.32 Å². The van der Waals surface area contributed by atoms with E-state index >= 15 is 0 Å². The minimum atomic E-state index is -0.513. The van der Waals surface area contributed by atoms with Crippen molar-refractivity contribution >= 4 is 18.1 Å². The molecule has 0 saturated heterocycles. The number of carbonyl (C=O) groups excluding carboxylic acids is 2. The first-order valence-electron chi connectivity index (χ1n) is 6.63. The van der Waals surface area contributed by atoms with Crippen LogP contribution in [0.15, 0.2) is 22.6 Å². The Morgan fingerprint density at radius 1 is 1.33 bits per heavy atom. The topological polar surface area (TPSA) is 77.8 Å². The number of amides is 1. The molecule has 1 heterocycles. The number of rotatable bonds is 5. The van der Waals surface area contributed by atoms with E-state index in [1.807, 2.05) is 26.8 Å². The van der Waals surface area contributed by atoms with Gasteiger partial charge in [0, 0.05) is 6.54 Å². The quantitative estimate of drug-likeness (QED) is 0.667. The largest absolute Gasteiger partial charge is 0.463 e. The summed E-state index contributed by atoms with van der Waals surface area (Å²) in [5.41, 5.74) is -0.502. The Balaban J connectivity index is 2.31. The lowest BCUT2D eigenvalue weighted by atomic mass is 10.2. The highest BCUT2D eigenvalue weighted by molar-refractivity contribution is 5.86. The van der Waals surface area contributed by atoms with Crippen LogP contribution in [0.25, 0.3) is 6.08 Å². The van der Waals surface area contributed by atoms with Gasteiger partial charge < -0.3 is 19.2 Å². The first-order valence-corrected chi connectivity index (χ1v) is 6.63. The number of methoxy groups -OCH3 is 1. The molecule has 0 aliphatic rings. The summed E-state index contributed by atoms with van der Waals surface area (Å²) in [6, 6.07) is 3.22. The Morgan fingerprint density at radius 2 is 2.05 bits per heavy atom. The maximum atomic E-state index is 11.4. The second-order valence-electron chi connectivity index (χ2n) is 5.31. The average Bonchev–Trinajstić information content (AvgIpc) is 2.84. The number of furan rings is 1. The van der Waals surface area contributed by atoms with Crippen molar-refractivity contribution in [2.45, 2.75) is 32.8 Å². The number of esters is 1. The van der Waals surface area contributed by atoms with E-state index in [1.165, 1.54) is 7.11 Å². The molecule has 0 saturated carbocycles. The van der Waals surface area contributed by atoms with E-state index in [-0.39, 0.29) is 5.76 Å². The molecule has 0 atom stereocenters. The van der Waals surface area contributed by atoms with Gasteiger partial charge in [0.15, 0.2) is 0 Å². The minimum Gasteiger partial charge on any atom is -0.463 e. The molecular formula is C15H21NO5. The van der Waals surface area contributed by atoms with Gasteiger partial charge in [0.05, 0.1) is 7.11 Å². The van der Waals surface area contributed by atoms with Crippen molar-refractivity contribution in [1.29, 1.82) is 0 Å². The van der Waals surface area contributed by atoms with E-state index in [0.717, 1.165) is 0 Å². The number of carbonyl (C=O) groups is 2. The Kier molecular flexibility index (Phi) is 6.02. The maximum Gasteiger partial charge on any atom is 0.407 e. The predicted molar refractivity (Wildman–Crippen MR) is 77.9 cm³/mol. The lowest BCUT2D eigenvalue weighted by Gasteiger charge is -2.19. The Labute approximate surface area is 124 Å². The van der Waals surface area contributed by atoms with E-state index in [4.69, 9.17) is 9.15 Å². The Morgan fingerprint density at radius 3 is 2.67 bits per heavy atom. The molecule has 116 valence electrons. The molecule has 1 N–H and O–H groups in total. The lowest BCUT2D eigenvalue weighted by molar-refractivity contribution is 0.0526. The van der Waals surface area contributed by atoms with Crippen molar-refractivity contribution < 1.29 is 23.5 Å². The molecule has 6 nitrogen and oxygen atoms in total. The highest BCUT2D eigenvalue weighted by Gasteiger charge is 2.15. The van der Waals surface area contributed by atoms with Gasteiger partial charge in [-0.1, -0.05) is 6.08 Å². The molecule has 1 amide bonds. The molecule has 0 aliphatic carbocycles. The van der Waals surface area contributed by atoms with Crippen molar-refractivity contribution in [3.8, 4) is 0 Å². The zero-order chi connectivity index (χ0) is 15.9. The summed E-state index contributed by atoms with van der Waals surface area (Å²) in [7, 11) is 1.29. The molecule has 0 aliphatic heterocycles. The fraction of sp³-hybridized carbons (Fsp3) is 0.467. The zero-order valence-corrected chi connectivity index (χ0v) is 12.8. The number of hydrogen-bond acceptors (Lipinski definition) is 5. The molecule has 0 unspecified atom stereocenters. The van der Waals surface area contributed by atoms with Gasteiger partial charge in [-0.3, -0.25) is 0 Å². The molecule has 0 aromatic carbocycles. The first-order chi connectivity index (χ1) is 9.81. The van der Waals surface area contributed by atoms with Crippen LogP contribution in [-0.4, -0.2) is 31.3 Å². The standard InChI is InChI=1S/C15H21NO5/c1-15(2,3)21-14(18)16-10-6-5-7-11-8-9-12(20-11)13(17)19-4/h5,7-9H,6,10H2,1-4H3,(H,16,18). The second kappa shape index (κ2) is 7.52. The molecule has 1 aromatic heterocycles. The van der Waals surface area contributed by atoms with Crippen LogP contribution in [-0.2, 0) is 9.47 Å². The van der Waals surface area contributed by atoms with Crippen LogP contribution >= 0.6 is 0 Å². The number of alkyl carbamates (subject to hydrolysis) is 1. The van der Waals surface area contributed by atoms with E-state index in [0.29, 0.717) is 18.7 Å². The molecule has 0 fully saturated rings. The van der Waals surface area contributed by atoms with Gasteiger partial charge in [-0.25, -0.2) is 9.59 Å². The van der Waals surface area contributed by atoms with Gasteiger partial charge in [0.1, 0.15) is 11.4 Å². The van der Waals surface area contributed by atoms with Gasteiger partial charge in [0.25, 0.3) is 0 Å². The molecule has 0 radical (unpaired) electrons. The van der Waals surface area contributed by atoms with Crippen LogP contribution < -0.4 is 5.32 Å². The zero-order valence-electron chi connectivity index (χ0n) is 12.8. The van der Waals surface area contributed by atoms with Crippen molar-refractivity contribution in [3.05, 3.63) is 29.7 Å². The third-order valence-electron chi connectivity index (χ3n) is 2.27. The van der Waals surface area contributed by atoms with Crippen LogP contribution in [0.1, 0.15) is 43.5 Å². The number of hydrogen-bond donors (Lipinski definition) is 1. The van der Waals surface area contributed by atoms with E-state index < -0.39 is 17.7 Å². The normalized spacial score (nSPS) is 11.4. The van der Waals surface area contributed by atoms with Crippen LogP contribution in [0.3, 0.4) is 0 Å². The van der Waals surface area contributed by atoms with E-state index in [2.05, 4.69) is 10.1 Å². The smallest absolute Gasteiger partial charge is 0.407 e. The predicted octanol–water partition coefficient (Wildman–Crippen LogP) is 2.99. The molecule has 0 spiro atoms. The highest BCUT2D eigenvalue weighted by atomic mass is 16.6. The van der Waals surface area contributed by atoms with Gasteiger partial charge >= 0.3 is 12.1 Å². The molecule has 21 heavy (non-hydrogen) atoms. The SMILES string of the molecule is COC(=O)c1ccc(C=CCCNC(=O)OC(C)(C)C)o1. The molecule has 1 aromatic rings. The van der Waals surface area contributed by atoms with E-state index in [1.54, 1.807) is 18.2 Å². The maximum absolute atomic E-state index is 11.4. The minimum absolute atomic E-state index is 0.157. The van der Waals surface area contributed by atoms with Crippen molar-refractivity contribution in [2.24, 2.45) is 0 Å². The summed E-state index contributed by atoms with van der Waals surface area (Å²) in [6.45, 7) is 5.88. The molecular weight excluding hydrogens is 274 g/mol. The molecule has 6 heteroatoms. The van der Waals surface area contributed by atoms with Crippen LogP contribution in [0.2, 0.25) is 0 Å². The molecule has 0 bridgehead atoms. The average molecular weight is 295 g/mol. The fourth-order valence-electron chi connectivity index (χ4n) is 1.42. The van der Waals surface area contributed by atoms with Gasteiger partial charge in [-0.2, -0.15) is 0 Å². The van der Waals surface area contributed by atoms with Crippen molar-refractivity contribution in [3.63, 3.8) is 0 Å².